The average Bonchev–Trinajstić information content (AvgIpc) is 3.42. The Bertz CT molecular complexity index is 733. The van der Waals surface area contributed by atoms with Crippen LogP contribution in [0.15, 0.2) is 42.7 Å². The fourth-order valence-corrected chi connectivity index (χ4v) is 3.77. The smallest absolute Gasteiger partial charge is 0.252 e. The highest BCUT2D eigenvalue weighted by Crippen LogP contribution is 2.29. The molecule has 2 saturated heterocycles. The summed E-state index contributed by atoms with van der Waals surface area (Å²) in [5, 5.41) is 10.7. The summed E-state index contributed by atoms with van der Waals surface area (Å²) in [6, 6.07) is 9.37. The van der Waals surface area contributed by atoms with Crippen molar-refractivity contribution in [3.05, 3.63) is 42.7 Å². The fourth-order valence-electron chi connectivity index (χ4n) is 3.77. The molecular formula is C20H26N4O3. The van der Waals surface area contributed by atoms with Gasteiger partial charge in [-0.15, -0.1) is 0 Å². The molecule has 7 heteroatoms. The molecule has 1 aromatic heterocycles. The van der Waals surface area contributed by atoms with Crippen LogP contribution in [0.25, 0.3) is 0 Å². The first-order valence-corrected chi connectivity index (χ1v) is 9.63. The molecule has 7 nitrogen and oxygen atoms in total. The Morgan fingerprint density at radius 2 is 2.15 bits per heavy atom. The predicted octanol–water partition coefficient (Wildman–Crippen LogP) is 2.16. The number of amides is 1. The molecule has 144 valence electrons. The summed E-state index contributed by atoms with van der Waals surface area (Å²) in [6.07, 6.45) is 7.36. The summed E-state index contributed by atoms with van der Waals surface area (Å²) in [6.45, 7) is 2.99. The molecule has 0 aliphatic carbocycles. The van der Waals surface area contributed by atoms with E-state index in [2.05, 4.69) is 15.7 Å². The van der Waals surface area contributed by atoms with E-state index in [1.165, 1.54) is 0 Å². The van der Waals surface area contributed by atoms with Crippen molar-refractivity contribution in [2.75, 3.05) is 31.6 Å². The standard InChI is InChI=1S/C20H26N4O3/c25-19(20(8-11-21-12-9-20)24-13-2-10-22-24)23-16-4-6-17(7-5-16)27-15-18-3-1-14-26-18/h2,4-7,10,13,18,21H,1,3,8-9,11-12,14-15H2,(H,23,25). The first-order chi connectivity index (χ1) is 13.3. The molecule has 0 radical (unpaired) electrons. The number of piperidine rings is 1. The van der Waals surface area contributed by atoms with Crippen LogP contribution in [-0.2, 0) is 15.1 Å². The Hall–Kier alpha value is -2.38. The number of nitrogens with zero attached hydrogens (tertiary/aromatic N) is 2. The molecule has 1 unspecified atom stereocenters. The van der Waals surface area contributed by atoms with E-state index in [0.717, 1.165) is 44.0 Å². The van der Waals surface area contributed by atoms with Crippen LogP contribution in [-0.4, -0.2) is 48.1 Å². The van der Waals surface area contributed by atoms with Crippen molar-refractivity contribution in [3.63, 3.8) is 0 Å². The highest BCUT2D eigenvalue weighted by atomic mass is 16.5. The lowest BCUT2D eigenvalue weighted by molar-refractivity contribution is -0.126. The fraction of sp³-hybridized carbons (Fsp3) is 0.500. The Morgan fingerprint density at radius 3 is 2.81 bits per heavy atom. The molecular weight excluding hydrogens is 344 g/mol. The molecule has 1 aromatic carbocycles. The van der Waals surface area contributed by atoms with Gasteiger partial charge in [0.15, 0.2) is 0 Å². The van der Waals surface area contributed by atoms with E-state index < -0.39 is 5.54 Å². The maximum Gasteiger partial charge on any atom is 0.252 e. The first-order valence-electron chi connectivity index (χ1n) is 9.63. The van der Waals surface area contributed by atoms with Gasteiger partial charge in [0.1, 0.15) is 17.9 Å². The van der Waals surface area contributed by atoms with E-state index >= 15 is 0 Å². The highest BCUT2D eigenvalue weighted by molar-refractivity contribution is 5.96. The van der Waals surface area contributed by atoms with Crippen LogP contribution in [0, 0.1) is 0 Å². The summed E-state index contributed by atoms with van der Waals surface area (Å²) < 4.78 is 13.1. The number of hydrogen-bond acceptors (Lipinski definition) is 5. The molecule has 2 N–H and O–H groups in total. The summed E-state index contributed by atoms with van der Waals surface area (Å²) >= 11 is 0. The number of carbonyl (C=O) groups excluding carboxylic acids is 1. The third kappa shape index (κ3) is 3.99. The molecule has 27 heavy (non-hydrogen) atoms. The zero-order chi connectivity index (χ0) is 18.5. The second-order valence-corrected chi connectivity index (χ2v) is 7.16. The minimum atomic E-state index is -0.649. The number of rotatable bonds is 6. The molecule has 2 aromatic rings. The third-order valence-electron chi connectivity index (χ3n) is 5.37. The number of carbonyl (C=O) groups is 1. The van der Waals surface area contributed by atoms with Gasteiger partial charge in [-0.3, -0.25) is 9.48 Å². The third-order valence-corrected chi connectivity index (χ3v) is 5.37. The number of nitrogens with one attached hydrogen (secondary N) is 2. The van der Waals surface area contributed by atoms with Gasteiger partial charge in [-0.25, -0.2) is 0 Å². The van der Waals surface area contributed by atoms with Crippen molar-refractivity contribution >= 4 is 11.6 Å². The van der Waals surface area contributed by atoms with Crippen LogP contribution in [0.2, 0.25) is 0 Å². The van der Waals surface area contributed by atoms with Gasteiger partial charge >= 0.3 is 0 Å². The van der Waals surface area contributed by atoms with Crippen molar-refractivity contribution in [3.8, 4) is 5.75 Å². The second kappa shape index (κ2) is 8.10. The molecule has 2 aliphatic heterocycles. The van der Waals surface area contributed by atoms with Gasteiger partial charge in [-0.1, -0.05) is 0 Å². The van der Waals surface area contributed by atoms with Gasteiger partial charge < -0.3 is 20.1 Å². The lowest BCUT2D eigenvalue weighted by Crippen LogP contribution is -2.52. The molecule has 3 heterocycles. The zero-order valence-electron chi connectivity index (χ0n) is 15.4. The SMILES string of the molecule is O=C(Nc1ccc(OCC2CCCO2)cc1)C1(n2cccn2)CCNCC1. The minimum Gasteiger partial charge on any atom is -0.491 e. The number of benzene rings is 1. The Labute approximate surface area is 159 Å². The molecule has 0 bridgehead atoms. The normalized spacial score (nSPS) is 21.7. The number of hydrogen-bond donors (Lipinski definition) is 2. The first kappa shape index (κ1) is 18.0. The van der Waals surface area contributed by atoms with E-state index in [9.17, 15) is 4.79 Å². The van der Waals surface area contributed by atoms with E-state index in [4.69, 9.17) is 9.47 Å². The molecule has 2 aliphatic rings. The van der Waals surface area contributed by atoms with Crippen molar-refractivity contribution in [1.29, 1.82) is 0 Å². The van der Waals surface area contributed by atoms with Gasteiger partial charge in [0, 0.05) is 24.7 Å². The van der Waals surface area contributed by atoms with Gasteiger partial charge in [-0.05, 0) is 69.1 Å². The minimum absolute atomic E-state index is 0.0271. The molecule has 2 fully saturated rings. The summed E-state index contributed by atoms with van der Waals surface area (Å²) in [7, 11) is 0. The van der Waals surface area contributed by atoms with Gasteiger partial charge in [0.05, 0.1) is 6.10 Å². The van der Waals surface area contributed by atoms with Gasteiger partial charge in [0.25, 0.3) is 5.91 Å². The average molecular weight is 370 g/mol. The monoisotopic (exact) mass is 370 g/mol. The molecule has 0 saturated carbocycles. The lowest BCUT2D eigenvalue weighted by atomic mass is 9.87. The quantitative estimate of drug-likeness (QED) is 0.815. The second-order valence-electron chi connectivity index (χ2n) is 7.16. The highest BCUT2D eigenvalue weighted by Gasteiger charge is 2.42. The zero-order valence-corrected chi connectivity index (χ0v) is 15.4. The lowest BCUT2D eigenvalue weighted by Gasteiger charge is -2.36. The Kier molecular flexibility index (Phi) is 5.40. The van der Waals surface area contributed by atoms with Crippen LogP contribution < -0.4 is 15.4 Å². The molecule has 4 rings (SSSR count). The summed E-state index contributed by atoms with van der Waals surface area (Å²) in [5.41, 5.74) is 0.110. The van der Waals surface area contributed by atoms with Crippen LogP contribution >= 0.6 is 0 Å². The maximum atomic E-state index is 13.1. The summed E-state index contributed by atoms with van der Waals surface area (Å²) in [4.78, 5) is 13.1. The predicted molar refractivity (Wildman–Crippen MR) is 102 cm³/mol. The number of anilines is 1. The topological polar surface area (TPSA) is 77.4 Å². The van der Waals surface area contributed by atoms with E-state index in [-0.39, 0.29) is 12.0 Å². The largest absolute Gasteiger partial charge is 0.491 e. The van der Waals surface area contributed by atoms with Crippen LogP contribution in [0.4, 0.5) is 5.69 Å². The number of ether oxygens (including phenoxy) is 2. The molecule has 0 spiro atoms. The summed E-state index contributed by atoms with van der Waals surface area (Å²) in [5.74, 6) is 0.757. The molecule has 1 atom stereocenters. The van der Waals surface area contributed by atoms with Gasteiger partial charge in [0.2, 0.25) is 0 Å². The number of aromatic nitrogens is 2. The van der Waals surface area contributed by atoms with Crippen molar-refractivity contribution in [1.82, 2.24) is 15.1 Å². The maximum absolute atomic E-state index is 13.1. The van der Waals surface area contributed by atoms with Crippen LogP contribution in [0.3, 0.4) is 0 Å². The van der Waals surface area contributed by atoms with E-state index in [0.29, 0.717) is 19.4 Å². The van der Waals surface area contributed by atoms with Crippen molar-refractivity contribution in [2.24, 2.45) is 0 Å². The van der Waals surface area contributed by atoms with E-state index in [1.54, 1.807) is 10.9 Å². The van der Waals surface area contributed by atoms with Crippen molar-refractivity contribution < 1.29 is 14.3 Å². The van der Waals surface area contributed by atoms with Crippen molar-refractivity contribution in [2.45, 2.75) is 37.3 Å². The van der Waals surface area contributed by atoms with E-state index in [1.807, 2.05) is 36.5 Å². The van der Waals surface area contributed by atoms with Crippen LogP contribution in [0.1, 0.15) is 25.7 Å². The Balaban J connectivity index is 1.40. The Morgan fingerprint density at radius 1 is 1.33 bits per heavy atom. The van der Waals surface area contributed by atoms with Gasteiger partial charge in [-0.2, -0.15) is 5.10 Å². The van der Waals surface area contributed by atoms with Crippen LogP contribution in [0.5, 0.6) is 5.75 Å². The molecule has 1 amide bonds.